The quantitative estimate of drug-likeness (QED) is 0.755. The van der Waals surface area contributed by atoms with E-state index in [1.165, 1.54) is 31.1 Å². The first-order chi connectivity index (χ1) is 9.88. The number of H-pyrrole nitrogens is 1. The molecule has 4 nitrogen and oxygen atoms in total. The van der Waals surface area contributed by atoms with Crippen LogP contribution in [0, 0.1) is 5.92 Å². The molecule has 106 valence electrons. The van der Waals surface area contributed by atoms with Crippen LogP contribution in [0.5, 0.6) is 0 Å². The van der Waals surface area contributed by atoms with Gasteiger partial charge in [0.2, 0.25) is 0 Å². The first-order valence-electron chi connectivity index (χ1n) is 7.40. The second-order valence-corrected chi connectivity index (χ2v) is 7.07. The van der Waals surface area contributed by atoms with Crippen LogP contribution in [0.2, 0.25) is 0 Å². The molecule has 2 fully saturated rings. The van der Waals surface area contributed by atoms with Gasteiger partial charge in [-0.15, -0.1) is 0 Å². The SMILES string of the molecule is c1ccc2c(N=S3NCC4CCCC(C4)N3)c[nH]c2c1. The van der Waals surface area contributed by atoms with Crippen molar-refractivity contribution in [3.63, 3.8) is 0 Å². The number of hydrogen-bond acceptors (Lipinski definition) is 1. The average molecular weight is 288 g/mol. The first-order valence-corrected chi connectivity index (χ1v) is 8.58. The Labute approximate surface area is 121 Å². The molecule has 1 saturated carbocycles. The maximum absolute atomic E-state index is 4.90. The Morgan fingerprint density at radius 2 is 2.15 bits per heavy atom. The van der Waals surface area contributed by atoms with E-state index >= 15 is 0 Å². The highest BCUT2D eigenvalue weighted by Crippen LogP contribution is 2.28. The predicted octanol–water partition coefficient (Wildman–Crippen LogP) is 3.18. The molecular weight excluding hydrogens is 268 g/mol. The number of para-hydroxylation sites is 1. The minimum absolute atomic E-state index is 0.253. The van der Waals surface area contributed by atoms with E-state index in [1.807, 2.05) is 6.20 Å². The summed E-state index contributed by atoms with van der Waals surface area (Å²) < 4.78 is 12.2. The number of rotatable bonds is 1. The van der Waals surface area contributed by atoms with Crippen LogP contribution < -0.4 is 9.44 Å². The van der Waals surface area contributed by atoms with E-state index in [2.05, 4.69) is 38.7 Å². The zero-order valence-electron chi connectivity index (χ0n) is 11.4. The lowest BCUT2D eigenvalue weighted by Gasteiger charge is -2.24. The van der Waals surface area contributed by atoms with Gasteiger partial charge >= 0.3 is 0 Å². The Morgan fingerprint density at radius 1 is 1.20 bits per heavy atom. The molecular formula is C15H20N4S. The van der Waals surface area contributed by atoms with Gasteiger partial charge in [0, 0.05) is 40.7 Å². The molecule has 1 aliphatic heterocycles. The van der Waals surface area contributed by atoms with Crippen molar-refractivity contribution in [3.05, 3.63) is 30.5 Å². The van der Waals surface area contributed by atoms with Crippen molar-refractivity contribution in [1.82, 2.24) is 14.4 Å². The molecule has 2 aliphatic rings. The van der Waals surface area contributed by atoms with Gasteiger partial charge in [-0.1, -0.05) is 24.6 Å². The summed E-state index contributed by atoms with van der Waals surface area (Å²) in [5.41, 5.74) is 2.21. The van der Waals surface area contributed by atoms with E-state index in [9.17, 15) is 0 Å². The maximum atomic E-state index is 4.90. The fourth-order valence-electron chi connectivity index (χ4n) is 3.27. The normalized spacial score (nSPS) is 30.5. The van der Waals surface area contributed by atoms with Gasteiger partial charge < -0.3 is 4.98 Å². The highest BCUT2D eigenvalue weighted by molar-refractivity contribution is 7.83. The van der Waals surface area contributed by atoms with Gasteiger partial charge in [-0.3, -0.25) is 0 Å². The lowest BCUT2D eigenvalue weighted by atomic mass is 9.86. The van der Waals surface area contributed by atoms with Gasteiger partial charge in [0.05, 0.1) is 5.69 Å². The summed E-state index contributed by atoms with van der Waals surface area (Å²) in [6.45, 7) is 1.10. The standard InChI is InChI=1S/C15H20N4S/c1-2-7-14-13(6-1)15(10-16-14)19-20-17-9-11-4-3-5-12(8-11)18-20/h1-2,6-7,10-12,16H,3-5,8-9H2,(H2,17,18,19). The number of nitrogens with one attached hydrogen (secondary N) is 3. The minimum Gasteiger partial charge on any atom is -0.359 e. The number of fused-ring (bicyclic) bond motifs is 3. The van der Waals surface area contributed by atoms with Crippen LogP contribution in [0.3, 0.4) is 0 Å². The summed E-state index contributed by atoms with van der Waals surface area (Å²) in [5.74, 6) is 0.830. The van der Waals surface area contributed by atoms with E-state index < -0.39 is 0 Å². The van der Waals surface area contributed by atoms with Gasteiger partial charge in [-0.25, -0.2) is 9.44 Å². The summed E-state index contributed by atoms with van der Waals surface area (Å²) in [7, 11) is 0. The van der Waals surface area contributed by atoms with Crippen molar-refractivity contribution < 1.29 is 0 Å². The zero-order valence-corrected chi connectivity index (χ0v) is 12.2. The molecule has 20 heavy (non-hydrogen) atoms. The molecule has 3 unspecified atom stereocenters. The Balaban J connectivity index is 1.65. The number of nitrogens with zero attached hydrogens (tertiary/aromatic N) is 1. The Morgan fingerprint density at radius 3 is 3.15 bits per heavy atom. The average Bonchev–Trinajstić information content (AvgIpc) is 2.82. The molecule has 1 aromatic carbocycles. The second kappa shape index (κ2) is 5.31. The lowest BCUT2D eigenvalue weighted by Crippen LogP contribution is -2.34. The van der Waals surface area contributed by atoms with Crippen LogP contribution in [0.1, 0.15) is 25.7 Å². The largest absolute Gasteiger partial charge is 0.359 e. The van der Waals surface area contributed by atoms with Crippen molar-refractivity contribution in [3.8, 4) is 0 Å². The molecule has 1 aliphatic carbocycles. The molecule has 2 aromatic rings. The lowest BCUT2D eigenvalue weighted by molar-refractivity contribution is 0.323. The number of aromatic amines is 1. The highest BCUT2D eigenvalue weighted by atomic mass is 32.2. The molecule has 3 N–H and O–H groups in total. The molecule has 4 rings (SSSR count). The number of aromatic nitrogens is 1. The fraction of sp³-hybridized carbons (Fsp3) is 0.467. The van der Waals surface area contributed by atoms with Crippen LogP contribution in [-0.4, -0.2) is 17.6 Å². The monoisotopic (exact) mass is 288 g/mol. The predicted molar refractivity (Wildman–Crippen MR) is 84.6 cm³/mol. The molecule has 1 saturated heterocycles. The van der Waals surface area contributed by atoms with E-state index in [0.29, 0.717) is 6.04 Å². The van der Waals surface area contributed by atoms with E-state index in [4.69, 9.17) is 4.36 Å². The molecule has 5 heteroatoms. The third-order valence-corrected chi connectivity index (χ3v) is 5.70. The fourth-order valence-corrected chi connectivity index (χ4v) is 4.74. The summed E-state index contributed by atoms with van der Waals surface area (Å²) in [4.78, 5) is 3.29. The van der Waals surface area contributed by atoms with Crippen molar-refractivity contribution in [2.45, 2.75) is 31.7 Å². The Kier molecular flexibility index (Phi) is 3.34. The topological polar surface area (TPSA) is 52.2 Å². The third-order valence-electron chi connectivity index (χ3n) is 4.33. The van der Waals surface area contributed by atoms with Crippen LogP contribution >= 0.6 is 0 Å². The zero-order chi connectivity index (χ0) is 13.4. The van der Waals surface area contributed by atoms with Crippen LogP contribution in [0.4, 0.5) is 5.69 Å². The van der Waals surface area contributed by atoms with Crippen LogP contribution in [0.15, 0.2) is 34.8 Å². The minimum atomic E-state index is -0.253. The van der Waals surface area contributed by atoms with Crippen molar-refractivity contribution in [1.29, 1.82) is 0 Å². The van der Waals surface area contributed by atoms with Crippen molar-refractivity contribution in [2.24, 2.45) is 10.3 Å². The third kappa shape index (κ3) is 2.41. The summed E-state index contributed by atoms with van der Waals surface area (Å²) >= 11 is -0.253. The molecule has 0 radical (unpaired) electrons. The van der Waals surface area contributed by atoms with E-state index in [-0.39, 0.29) is 11.1 Å². The molecule has 2 bridgehead atoms. The van der Waals surface area contributed by atoms with Crippen molar-refractivity contribution in [2.75, 3.05) is 6.54 Å². The van der Waals surface area contributed by atoms with Gasteiger partial charge in [0.15, 0.2) is 0 Å². The van der Waals surface area contributed by atoms with Crippen LogP contribution in [0.25, 0.3) is 10.9 Å². The van der Waals surface area contributed by atoms with Gasteiger partial charge in [-0.2, -0.15) is 4.36 Å². The van der Waals surface area contributed by atoms with Gasteiger partial charge in [0.1, 0.15) is 0 Å². The second-order valence-electron chi connectivity index (χ2n) is 5.79. The maximum Gasteiger partial charge on any atom is 0.0984 e. The van der Waals surface area contributed by atoms with Crippen molar-refractivity contribution >= 4 is 27.7 Å². The van der Waals surface area contributed by atoms with Gasteiger partial charge in [-0.05, 0) is 31.2 Å². The molecule has 3 atom stereocenters. The van der Waals surface area contributed by atoms with E-state index in [1.54, 1.807) is 0 Å². The molecule has 0 amide bonds. The van der Waals surface area contributed by atoms with Gasteiger partial charge in [0.25, 0.3) is 0 Å². The number of benzene rings is 1. The first kappa shape index (κ1) is 12.6. The Hall–Kier alpha value is -1.17. The smallest absolute Gasteiger partial charge is 0.0984 e. The number of hydrogen-bond donors (Lipinski definition) is 3. The van der Waals surface area contributed by atoms with E-state index in [0.717, 1.165) is 23.7 Å². The highest BCUT2D eigenvalue weighted by Gasteiger charge is 2.25. The van der Waals surface area contributed by atoms with Crippen LogP contribution in [-0.2, 0) is 11.1 Å². The summed E-state index contributed by atoms with van der Waals surface area (Å²) in [6.07, 6.45) is 7.34. The molecule has 0 spiro atoms. The summed E-state index contributed by atoms with van der Waals surface area (Å²) in [5, 5.41) is 1.20. The summed E-state index contributed by atoms with van der Waals surface area (Å²) in [6, 6.07) is 8.99. The molecule has 2 heterocycles. The Bertz CT molecular complexity index is 648. The molecule has 1 aromatic heterocycles.